The molecule has 0 fully saturated rings. The summed E-state index contributed by atoms with van der Waals surface area (Å²) in [6, 6.07) is 0. The topological polar surface area (TPSA) is 175 Å². The molecule has 26 heavy (non-hydrogen) atoms. The summed E-state index contributed by atoms with van der Waals surface area (Å²) in [6.45, 7) is 4.29. The molecule has 0 heterocycles. The molecule has 0 aromatic rings. The van der Waals surface area contributed by atoms with Gasteiger partial charge in [0, 0.05) is 13.1 Å². The van der Waals surface area contributed by atoms with Gasteiger partial charge < -0.3 is 36.4 Å². The van der Waals surface area contributed by atoms with E-state index in [4.69, 9.17) is 9.84 Å². The number of ether oxygens (including phenoxy) is 1. The van der Waals surface area contributed by atoms with E-state index in [1.54, 1.807) is 20.8 Å². The van der Waals surface area contributed by atoms with Crippen molar-refractivity contribution >= 4 is 29.9 Å². The van der Waals surface area contributed by atoms with Crippen molar-refractivity contribution < 1.29 is 33.8 Å². The third-order valence-corrected chi connectivity index (χ3v) is 2.41. The molecule has 0 saturated carbocycles. The highest BCUT2D eigenvalue weighted by molar-refractivity contribution is 5.89. The first-order chi connectivity index (χ1) is 12.0. The normalized spacial score (nSPS) is 10.3. The lowest BCUT2D eigenvalue weighted by molar-refractivity contribution is -0.127. The fourth-order valence-corrected chi connectivity index (χ4v) is 1.38. The molecule has 0 aliphatic carbocycles. The molecule has 0 unspecified atom stereocenters. The summed E-state index contributed by atoms with van der Waals surface area (Å²) in [6.07, 6.45) is -1.96. The summed E-state index contributed by atoms with van der Waals surface area (Å²) in [7, 11) is 0. The molecule has 0 aliphatic rings. The molecule has 12 nitrogen and oxygen atoms in total. The van der Waals surface area contributed by atoms with Crippen molar-refractivity contribution in [1.29, 1.82) is 0 Å². The molecule has 0 aliphatic heterocycles. The third-order valence-electron chi connectivity index (χ3n) is 2.41. The minimum atomic E-state index is -1.36. The van der Waals surface area contributed by atoms with Gasteiger partial charge in [0.05, 0.1) is 19.6 Å². The van der Waals surface area contributed by atoms with Crippen LogP contribution in [-0.4, -0.2) is 73.3 Å². The Morgan fingerprint density at radius 1 is 0.731 bits per heavy atom. The van der Waals surface area contributed by atoms with E-state index in [9.17, 15) is 24.0 Å². The number of carboxylic acid groups (broad SMARTS) is 1. The van der Waals surface area contributed by atoms with Gasteiger partial charge in [0.1, 0.15) is 5.60 Å². The first-order valence-electron chi connectivity index (χ1n) is 7.73. The molecule has 0 rings (SSSR count). The summed E-state index contributed by atoms with van der Waals surface area (Å²) in [5.41, 5.74) is -0.614. The second-order valence-corrected chi connectivity index (χ2v) is 5.99. The fraction of sp³-hybridized carbons (Fsp3) is 0.643. The monoisotopic (exact) mass is 375 g/mol. The summed E-state index contributed by atoms with van der Waals surface area (Å²) < 4.78 is 5.01. The lowest BCUT2D eigenvalue weighted by atomic mass is 10.2. The molecule has 0 radical (unpaired) electrons. The van der Waals surface area contributed by atoms with Crippen LogP contribution in [0.3, 0.4) is 0 Å². The van der Waals surface area contributed by atoms with Crippen LogP contribution >= 0.6 is 0 Å². The van der Waals surface area contributed by atoms with Crippen LogP contribution in [0.15, 0.2) is 0 Å². The molecule has 5 amide bonds. The van der Waals surface area contributed by atoms with Crippen molar-refractivity contribution in [2.75, 3.05) is 32.7 Å². The molecule has 6 N–H and O–H groups in total. The molecule has 0 spiro atoms. The zero-order valence-electron chi connectivity index (χ0n) is 14.9. The summed E-state index contributed by atoms with van der Waals surface area (Å²) in [5.74, 6) is -1.78. The summed E-state index contributed by atoms with van der Waals surface area (Å²) in [4.78, 5) is 55.6. The Kier molecular flexibility index (Phi) is 10.1. The van der Waals surface area contributed by atoms with Crippen molar-refractivity contribution in [3.63, 3.8) is 0 Å². The minimum absolute atomic E-state index is 0.144. The number of nitrogens with one attached hydrogen (secondary N) is 5. The second kappa shape index (κ2) is 11.5. The van der Waals surface area contributed by atoms with Crippen LogP contribution < -0.4 is 26.6 Å². The molecule has 0 aromatic carbocycles. The van der Waals surface area contributed by atoms with E-state index in [2.05, 4.69) is 21.3 Å². The Bertz CT molecular complexity index is 530. The van der Waals surface area contributed by atoms with Gasteiger partial charge in [-0.2, -0.15) is 0 Å². The zero-order valence-corrected chi connectivity index (χ0v) is 14.9. The van der Waals surface area contributed by atoms with Crippen molar-refractivity contribution in [1.82, 2.24) is 26.6 Å². The highest BCUT2D eigenvalue weighted by Crippen LogP contribution is 2.05. The molecule has 0 aromatic heterocycles. The maximum Gasteiger partial charge on any atom is 0.407 e. The zero-order chi connectivity index (χ0) is 20.2. The van der Waals surface area contributed by atoms with Gasteiger partial charge in [0.25, 0.3) is 0 Å². The maximum absolute atomic E-state index is 11.5. The minimum Gasteiger partial charge on any atom is -0.465 e. The lowest BCUT2D eigenvalue weighted by Crippen LogP contribution is -2.45. The van der Waals surface area contributed by atoms with Crippen LogP contribution in [0.5, 0.6) is 0 Å². The van der Waals surface area contributed by atoms with E-state index >= 15 is 0 Å². The molecular weight excluding hydrogens is 350 g/mol. The Morgan fingerprint density at radius 3 is 1.62 bits per heavy atom. The fourth-order valence-electron chi connectivity index (χ4n) is 1.38. The van der Waals surface area contributed by atoms with Crippen LogP contribution in [0.25, 0.3) is 0 Å². The summed E-state index contributed by atoms with van der Waals surface area (Å²) >= 11 is 0. The Balaban J connectivity index is 3.75. The Hall–Kier alpha value is -3.05. The lowest BCUT2D eigenvalue weighted by Gasteiger charge is -2.19. The van der Waals surface area contributed by atoms with Gasteiger partial charge in [0.15, 0.2) is 0 Å². The highest BCUT2D eigenvalue weighted by atomic mass is 16.6. The average Bonchev–Trinajstić information content (AvgIpc) is 2.51. The molecule has 0 saturated heterocycles. The number of rotatable bonds is 9. The van der Waals surface area contributed by atoms with Gasteiger partial charge in [0.2, 0.25) is 17.7 Å². The SMILES string of the molecule is CC(C)(C)OC(=O)NCCNC(=O)CNC(=O)CNC(=O)CNC(=O)O. The summed E-state index contributed by atoms with van der Waals surface area (Å²) in [5, 5.41) is 19.5. The van der Waals surface area contributed by atoms with Gasteiger partial charge >= 0.3 is 12.2 Å². The van der Waals surface area contributed by atoms with Gasteiger partial charge in [-0.25, -0.2) is 9.59 Å². The van der Waals surface area contributed by atoms with E-state index in [0.29, 0.717) is 0 Å². The molecule has 0 atom stereocenters. The molecule has 0 bridgehead atoms. The standard InChI is InChI=1S/C14H25N5O7/c1-14(2,3)26-13(25)16-5-4-15-9(20)6-17-10(21)7-18-11(22)8-19-12(23)24/h19H,4-8H2,1-3H3,(H,15,20)(H,16,25)(H,17,21)(H,18,22)(H,23,24). The number of carbonyl (C=O) groups excluding carboxylic acids is 4. The predicted molar refractivity (Wildman–Crippen MR) is 89.3 cm³/mol. The van der Waals surface area contributed by atoms with Gasteiger partial charge in [-0.3, -0.25) is 14.4 Å². The number of hydrogen-bond donors (Lipinski definition) is 6. The first-order valence-corrected chi connectivity index (χ1v) is 7.73. The van der Waals surface area contributed by atoms with Crippen molar-refractivity contribution in [2.45, 2.75) is 26.4 Å². The van der Waals surface area contributed by atoms with Crippen LogP contribution in [0.4, 0.5) is 9.59 Å². The van der Waals surface area contributed by atoms with E-state index in [1.165, 1.54) is 0 Å². The molecule has 148 valence electrons. The maximum atomic E-state index is 11.5. The van der Waals surface area contributed by atoms with Gasteiger partial charge in [-0.05, 0) is 20.8 Å². The quantitative estimate of drug-likeness (QED) is 0.256. The Labute approximate surface area is 150 Å². The van der Waals surface area contributed by atoms with Crippen LogP contribution in [-0.2, 0) is 19.1 Å². The van der Waals surface area contributed by atoms with Crippen LogP contribution in [0.2, 0.25) is 0 Å². The average molecular weight is 375 g/mol. The number of alkyl carbamates (subject to hydrolysis) is 1. The Morgan fingerprint density at radius 2 is 1.15 bits per heavy atom. The molecule has 12 heteroatoms. The molecular formula is C14H25N5O7. The largest absolute Gasteiger partial charge is 0.465 e. The number of hydrogen-bond acceptors (Lipinski definition) is 6. The van der Waals surface area contributed by atoms with Gasteiger partial charge in [-0.1, -0.05) is 0 Å². The van der Waals surface area contributed by atoms with Crippen LogP contribution in [0, 0.1) is 0 Å². The van der Waals surface area contributed by atoms with E-state index < -0.39 is 48.6 Å². The third kappa shape index (κ3) is 14.5. The second-order valence-electron chi connectivity index (χ2n) is 5.99. The predicted octanol–water partition coefficient (Wildman–Crippen LogP) is -1.87. The van der Waals surface area contributed by atoms with Crippen LogP contribution in [0.1, 0.15) is 20.8 Å². The number of carbonyl (C=O) groups is 5. The van der Waals surface area contributed by atoms with Crippen molar-refractivity contribution in [3.8, 4) is 0 Å². The van der Waals surface area contributed by atoms with Crippen molar-refractivity contribution in [2.24, 2.45) is 0 Å². The van der Waals surface area contributed by atoms with Crippen molar-refractivity contribution in [3.05, 3.63) is 0 Å². The highest BCUT2D eigenvalue weighted by Gasteiger charge is 2.15. The van der Waals surface area contributed by atoms with Gasteiger partial charge in [-0.15, -0.1) is 0 Å². The first kappa shape index (κ1) is 22.9. The van der Waals surface area contributed by atoms with E-state index in [-0.39, 0.29) is 19.6 Å². The smallest absolute Gasteiger partial charge is 0.407 e. The van der Waals surface area contributed by atoms with E-state index in [0.717, 1.165) is 0 Å². The van der Waals surface area contributed by atoms with E-state index in [1.807, 2.05) is 5.32 Å². The number of amides is 5.